The molecule has 0 spiro atoms. The average Bonchev–Trinajstić information content (AvgIpc) is 3.28. The number of nitrogens with one attached hydrogen (secondary N) is 2. The largest absolute Gasteiger partial charge is 0.354 e. The number of carbonyl (C=O) groups excluding carboxylic acids is 1. The number of rotatable bonds is 7. The van der Waals surface area contributed by atoms with Gasteiger partial charge in [-0.3, -0.25) is 9.79 Å². The zero-order valence-electron chi connectivity index (χ0n) is 14.8. The van der Waals surface area contributed by atoms with Crippen molar-refractivity contribution in [2.75, 3.05) is 33.2 Å². The highest BCUT2D eigenvalue weighted by Gasteiger charge is 2.30. The van der Waals surface area contributed by atoms with Gasteiger partial charge >= 0.3 is 0 Å². The van der Waals surface area contributed by atoms with E-state index in [0.717, 1.165) is 50.3 Å². The van der Waals surface area contributed by atoms with E-state index in [4.69, 9.17) is 0 Å². The van der Waals surface area contributed by atoms with Crippen LogP contribution >= 0.6 is 24.0 Å². The molecule has 2 aliphatic rings. The molecule has 134 valence electrons. The second-order valence-electron chi connectivity index (χ2n) is 6.61. The summed E-state index contributed by atoms with van der Waals surface area (Å²) in [4.78, 5) is 18.3. The average molecular weight is 436 g/mol. The van der Waals surface area contributed by atoms with Crippen molar-refractivity contribution in [3.63, 3.8) is 0 Å². The Bertz CT molecular complexity index is 394. The molecule has 1 saturated carbocycles. The first kappa shape index (κ1) is 20.5. The molecule has 6 heteroatoms. The fourth-order valence-corrected chi connectivity index (χ4v) is 3.50. The molecule has 1 amide bonds. The number of carbonyl (C=O) groups is 1. The predicted octanol–water partition coefficient (Wildman–Crippen LogP) is 2.46. The van der Waals surface area contributed by atoms with Crippen LogP contribution in [0.1, 0.15) is 46.0 Å². The first-order valence-corrected chi connectivity index (χ1v) is 8.92. The number of nitrogens with zero attached hydrogens (tertiary/aromatic N) is 2. The van der Waals surface area contributed by atoms with E-state index in [-0.39, 0.29) is 29.9 Å². The van der Waals surface area contributed by atoms with Crippen molar-refractivity contribution >= 4 is 35.8 Å². The lowest BCUT2D eigenvalue weighted by Crippen LogP contribution is -2.43. The molecule has 2 rings (SSSR count). The molecule has 1 saturated heterocycles. The van der Waals surface area contributed by atoms with Crippen LogP contribution in [0.25, 0.3) is 0 Å². The minimum Gasteiger partial charge on any atom is -0.354 e. The first-order chi connectivity index (χ1) is 10.7. The Balaban J connectivity index is 0.00000264. The second kappa shape index (κ2) is 10.4. The van der Waals surface area contributed by atoms with E-state index in [2.05, 4.69) is 34.4 Å². The fourth-order valence-electron chi connectivity index (χ4n) is 3.50. The van der Waals surface area contributed by atoms with E-state index in [1.807, 2.05) is 7.05 Å². The van der Waals surface area contributed by atoms with E-state index in [1.54, 1.807) is 0 Å². The molecule has 1 atom stereocenters. The smallest absolute Gasteiger partial charge is 0.223 e. The van der Waals surface area contributed by atoms with E-state index < -0.39 is 0 Å². The van der Waals surface area contributed by atoms with Crippen molar-refractivity contribution in [3.05, 3.63) is 0 Å². The van der Waals surface area contributed by atoms with Crippen molar-refractivity contribution < 1.29 is 4.79 Å². The van der Waals surface area contributed by atoms with Gasteiger partial charge < -0.3 is 15.5 Å². The van der Waals surface area contributed by atoms with Gasteiger partial charge in [-0.05, 0) is 31.1 Å². The molecule has 0 bridgehead atoms. The van der Waals surface area contributed by atoms with Crippen molar-refractivity contribution in [2.45, 2.75) is 46.0 Å². The fraction of sp³-hybridized carbons (Fsp3) is 0.882. The van der Waals surface area contributed by atoms with Crippen LogP contribution in [0.5, 0.6) is 0 Å². The summed E-state index contributed by atoms with van der Waals surface area (Å²) in [6.45, 7) is 8.23. The number of halogens is 1. The van der Waals surface area contributed by atoms with Gasteiger partial charge in [-0.1, -0.05) is 26.7 Å². The lowest BCUT2D eigenvalue weighted by molar-refractivity contribution is -0.122. The van der Waals surface area contributed by atoms with Gasteiger partial charge in [0.1, 0.15) is 0 Å². The zero-order chi connectivity index (χ0) is 15.9. The first-order valence-electron chi connectivity index (χ1n) is 8.92. The molecule has 0 aromatic carbocycles. The number of hydrogen-bond acceptors (Lipinski definition) is 2. The molecule has 23 heavy (non-hydrogen) atoms. The van der Waals surface area contributed by atoms with Crippen LogP contribution < -0.4 is 10.6 Å². The maximum Gasteiger partial charge on any atom is 0.223 e. The number of hydrogen-bond donors (Lipinski definition) is 2. The number of aliphatic imine (C=N–C) groups is 1. The summed E-state index contributed by atoms with van der Waals surface area (Å²) in [5, 5.41) is 6.37. The quantitative estimate of drug-likeness (QED) is 0.279. The van der Waals surface area contributed by atoms with E-state index in [1.165, 1.54) is 19.3 Å². The Hall–Kier alpha value is -0.530. The number of amides is 1. The van der Waals surface area contributed by atoms with Crippen LogP contribution in [0, 0.1) is 17.8 Å². The predicted molar refractivity (Wildman–Crippen MR) is 106 cm³/mol. The van der Waals surface area contributed by atoms with Gasteiger partial charge in [0.2, 0.25) is 5.91 Å². The number of guanidine groups is 1. The minimum atomic E-state index is 0. The second-order valence-corrected chi connectivity index (χ2v) is 6.61. The summed E-state index contributed by atoms with van der Waals surface area (Å²) in [5.41, 5.74) is 0. The van der Waals surface area contributed by atoms with Crippen molar-refractivity contribution in [3.8, 4) is 0 Å². The topological polar surface area (TPSA) is 56.7 Å². The SMILES string of the molecule is CCC(CC)C1CCN(C(=NC)NCCNC(=O)C2CC2)C1.I. The van der Waals surface area contributed by atoms with Gasteiger partial charge in [0.15, 0.2) is 5.96 Å². The number of likely N-dealkylation sites (tertiary alicyclic amines) is 1. The molecule has 1 heterocycles. The van der Waals surface area contributed by atoms with Gasteiger partial charge in [-0.2, -0.15) is 0 Å². The molecular weight excluding hydrogens is 403 g/mol. The third kappa shape index (κ3) is 6.12. The molecule has 2 fully saturated rings. The van der Waals surface area contributed by atoms with E-state index in [9.17, 15) is 4.79 Å². The monoisotopic (exact) mass is 436 g/mol. The molecule has 2 N–H and O–H groups in total. The van der Waals surface area contributed by atoms with Gasteiger partial charge in [-0.25, -0.2) is 0 Å². The molecule has 1 aliphatic heterocycles. The summed E-state index contributed by atoms with van der Waals surface area (Å²) in [7, 11) is 1.84. The van der Waals surface area contributed by atoms with Crippen molar-refractivity contribution in [1.82, 2.24) is 15.5 Å². The van der Waals surface area contributed by atoms with Crippen molar-refractivity contribution in [1.29, 1.82) is 0 Å². The molecule has 5 nitrogen and oxygen atoms in total. The zero-order valence-corrected chi connectivity index (χ0v) is 17.1. The van der Waals surface area contributed by atoms with Crippen LogP contribution in [0.2, 0.25) is 0 Å². The van der Waals surface area contributed by atoms with E-state index >= 15 is 0 Å². The van der Waals surface area contributed by atoms with Crippen LogP contribution in [0.15, 0.2) is 4.99 Å². The third-order valence-electron chi connectivity index (χ3n) is 5.11. The lowest BCUT2D eigenvalue weighted by atomic mass is 9.87. The Kier molecular flexibility index (Phi) is 9.24. The molecule has 0 radical (unpaired) electrons. The Morgan fingerprint density at radius 1 is 1.17 bits per heavy atom. The van der Waals surface area contributed by atoms with Crippen LogP contribution in [-0.4, -0.2) is 50.0 Å². The summed E-state index contributed by atoms with van der Waals surface area (Å²) < 4.78 is 0. The summed E-state index contributed by atoms with van der Waals surface area (Å²) in [6, 6.07) is 0. The minimum absolute atomic E-state index is 0. The molecule has 0 aromatic heterocycles. The molecule has 0 aromatic rings. The van der Waals surface area contributed by atoms with Gasteiger partial charge in [0.25, 0.3) is 0 Å². The van der Waals surface area contributed by atoms with Gasteiger partial charge in [0.05, 0.1) is 0 Å². The van der Waals surface area contributed by atoms with Crippen LogP contribution in [0.4, 0.5) is 0 Å². The van der Waals surface area contributed by atoms with Crippen LogP contribution in [0.3, 0.4) is 0 Å². The maximum atomic E-state index is 11.6. The summed E-state index contributed by atoms with van der Waals surface area (Å²) >= 11 is 0. The van der Waals surface area contributed by atoms with Crippen LogP contribution in [-0.2, 0) is 4.79 Å². The summed E-state index contributed by atoms with van der Waals surface area (Å²) in [5.74, 6) is 3.11. The Morgan fingerprint density at radius 3 is 2.39 bits per heavy atom. The third-order valence-corrected chi connectivity index (χ3v) is 5.11. The standard InChI is InChI=1S/C17H32N4O.HI/c1-4-13(5-2)15-8-11-21(12-15)17(18-3)20-10-9-19-16(22)14-6-7-14;/h13-15H,4-12H2,1-3H3,(H,18,20)(H,19,22);1H. The van der Waals surface area contributed by atoms with Gasteiger partial charge in [-0.15, -0.1) is 24.0 Å². The normalized spacial score (nSPS) is 21.3. The highest BCUT2D eigenvalue weighted by atomic mass is 127. The van der Waals surface area contributed by atoms with E-state index in [0.29, 0.717) is 12.5 Å². The highest BCUT2D eigenvalue weighted by Crippen LogP contribution is 2.29. The Morgan fingerprint density at radius 2 is 1.83 bits per heavy atom. The maximum absolute atomic E-state index is 11.6. The van der Waals surface area contributed by atoms with Crippen molar-refractivity contribution in [2.24, 2.45) is 22.7 Å². The Labute approximate surface area is 158 Å². The molecular formula is C17H33IN4O. The molecule has 1 aliphatic carbocycles. The molecule has 1 unspecified atom stereocenters. The lowest BCUT2D eigenvalue weighted by Gasteiger charge is -2.24. The van der Waals surface area contributed by atoms with Gasteiger partial charge in [0, 0.05) is 39.1 Å². The summed E-state index contributed by atoms with van der Waals surface area (Å²) in [6.07, 6.45) is 5.94. The highest BCUT2D eigenvalue weighted by molar-refractivity contribution is 14.0.